The Labute approximate surface area is 219 Å². The first-order valence-electron chi connectivity index (χ1n) is 12.8. The zero-order valence-corrected chi connectivity index (χ0v) is 22.2. The lowest BCUT2D eigenvalue weighted by Crippen LogP contribution is -2.37. The van der Waals surface area contributed by atoms with Crippen LogP contribution in [0.1, 0.15) is 62.7 Å². The fourth-order valence-corrected chi connectivity index (χ4v) is 5.87. The van der Waals surface area contributed by atoms with Gasteiger partial charge in [-0.15, -0.1) is 11.3 Å². The molecule has 1 aliphatic carbocycles. The molecule has 1 fully saturated rings. The highest BCUT2D eigenvalue weighted by Crippen LogP contribution is 2.52. The number of benzene rings is 2. The largest absolute Gasteiger partial charge is 0.444 e. The summed E-state index contributed by atoms with van der Waals surface area (Å²) in [6, 6.07) is 14.9. The van der Waals surface area contributed by atoms with Crippen LogP contribution >= 0.6 is 11.3 Å². The summed E-state index contributed by atoms with van der Waals surface area (Å²) in [5.74, 6) is 0.733. The van der Waals surface area contributed by atoms with Crippen molar-refractivity contribution in [2.24, 2.45) is 0 Å². The molecule has 1 N–H and O–H groups in total. The van der Waals surface area contributed by atoms with Crippen LogP contribution in [0.15, 0.2) is 52.8 Å². The number of ether oxygens (including phenoxy) is 1. The second-order valence-electron chi connectivity index (χ2n) is 11.0. The van der Waals surface area contributed by atoms with Crippen molar-refractivity contribution in [3.05, 3.63) is 81.0 Å². The van der Waals surface area contributed by atoms with E-state index in [1.807, 2.05) is 26.3 Å². The Balaban J connectivity index is 1.32. The van der Waals surface area contributed by atoms with E-state index in [-0.39, 0.29) is 17.5 Å². The number of carbonyl (C=O) groups excluding carboxylic acids is 1. The van der Waals surface area contributed by atoms with Crippen molar-refractivity contribution in [2.45, 2.75) is 64.0 Å². The molecule has 1 saturated carbocycles. The van der Waals surface area contributed by atoms with Gasteiger partial charge in [-0.2, -0.15) is 0 Å². The third kappa shape index (κ3) is 4.55. The van der Waals surface area contributed by atoms with Crippen molar-refractivity contribution in [1.29, 1.82) is 0 Å². The predicted octanol–water partition coefficient (Wildman–Crippen LogP) is 5.81. The van der Waals surface area contributed by atoms with Crippen LogP contribution in [0.5, 0.6) is 0 Å². The number of thiazole rings is 1. The second-order valence-corrected chi connectivity index (χ2v) is 11.9. The van der Waals surface area contributed by atoms with E-state index in [0.717, 1.165) is 47.4 Å². The van der Waals surface area contributed by atoms with Gasteiger partial charge in [0, 0.05) is 6.54 Å². The molecule has 0 bridgehead atoms. The molecule has 3 heterocycles. The number of aromatic amines is 1. The Morgan fingerprint density at radius 3 is 2.73 bits per heavy atom. The molecule has 7 nitrogen and oxygen atoms in total. The zero-order chi connectivity index (χ0) is 25.8. The molecule has 4 aromatic rings. The van der Waals surface area contributed by atoms with E-state index in [1.54, 1.807) is 16.2 Å². The number of hydrogen-bond acceptors (Lipinski definition) is 6. The van der Waals surface area contributed by atoms with Crippen LogP contribution < -0.4 is 5.56 Å². The molecule has 37 heavy (non-hydrogen) atoms. The van der Waals surface area contributed by atoms with Crippen LogP contribution in [0.2, 0.25) is 0 Å². The molecule has 1 amide bonds. The minimum atomic E-state index is -0.583. The Morgan fingerprint density at radius 2 is 1.95 bits per heavy atom. The first-order chi connectivity index (χ1) is 17.7. The van der Waals surface area contributed by atoms with Crippen LogP contribution in [-0.2, 0) is 23.1 Å². The molecule has 2 aromatic carbocycles. The smallest absolute Gasteiger partial charge is 0.410 e. The summed E-state index contributed by atoms with van der Waals surface area (Å²) in [4.78, 5) is 40.1. The lowest BCUT2D eigenvalue weighted by atomic mass is 9.91. The van der Waals surface area contributed by atoms with Crippen LogP contribution in [0.4, 0.5) is 4.79 Å². The van der Waals surface area contributed by atoms with E-state index in [4.69, 9.17) is 9.72 Å². The first-order valence-corrected chi connectivity index (χ1v) is 13.6. The number of nitrogens with zero attached hydrogens (tertiary/aromatic N) is 3. The molecular weight excluding hydrogens is 484 g/mol. The summed E-state index contributed by atoms with van der Waals surface area (Å²) in [5, 5.41) is 0. The molecule has 0 unspecified atom stereocenters. The SMILES string of the molecule is CC(C)(C)OC(=O)N1CCCc2nc(C3(c4cccc(-c5ccc6ncsc6c5)c4)CC3)[nH]c(=O)c2C1. The predicted molar refractivity (Wildman–Crippen MR) is 145 cm³/mol. The number of H-pyrrole nitrogens is 1. The minimum absolute atomic E-state index is 0.159. The number of nitrogens with one attached hydrogen (secondary N) is 1. The van der Waals surface area contributed by atoms with Crippen LogP contribution in [0.3, 0.4) is 0 Å². The Bertz CT molecular complexity index is 1560. The van der Waals surface area contributed by atoms with Crippen LogP contribution in [0, 0.1) is 0 Å². The fourth-order valence-electron chi connectivity index (χ4n) is 5.15. The van der Waals surface area contributed by atoms with Gasteiger partial charge >= 0.3 is 6.09 Å². The van der Waals surface area contributed by atoms with Crippen molar-refractivity contribution >= 4 is 27.6 Å². The maximum atomic E-state index is 13.3. The maximum Gasteiger partial charge on any atom is 0.410 e. The minimum Gasteiger partial charge on any atom is -0.444 e. The van der Waals surface area contributed by atoms with Gasteiger partial charge in [0.25, 0.3) is 5.56 Å². The summed E-state index contributed by atoms with van der Waals surface area (Å²) >= 11 is 1.64. The molecule has 2 aromatic heterocycles. The third-order valence-electron chi connectivity index (χ3n) is 7.23. The number of amides is 1. The van der Waals surface area contributed by atoms with Gasteiger partial charge in [-0.1, -0.05) is 30.3 Å². The summed E-state index contributed by atoms with van der Waals surface area (Å²) in [7, 11) is 0. The Hall–Kier alpha value is -3.52. The summed E-state index contributed by atoms with van der Waals surface area (Å²) in [5.41, 5.74) is 6.69. The zero-order valence-electron chi connectivity index (χ0n) is 21.3. The highest BCUT2D eigenvalue weighted by atomic mass is 32.1. The van der Waals surface area contributed by atoms with E-state index in [0.29, 0.717) is 18.5 Å². The maximum absolute atomic E-state index is 13.3. The number of carbonyl (C=O) groups is 1. The first kappa shape index (κ1) is 23.9. The van der Waals surface area contributed by atoms with Crippen molar-refractivity contribution in [3.63, 3.8) is 0 Å². The van der Waals surface area contributed by atoms with Crippen molar-refractivity contribution < 1.29 is 9.53 Å². The monoisotopic (exact) mass is 514 g/mol. The van der Waals surface area contributed by atoms with Gasteiger partial charge in [0.1, 0.15) is 11.4 Å². The quantitative estimate of drug-likeness (QED) is 0.373. The lowest BCUT2D eigenvalue weighted by Gasteiger charge is -2.26. The standard InChI is InChI=1S/C29H30N4O3S/c1-28(2,3)36-27(35)33-13-5-8-22-21(16-33)25(34)32-26(31-22)29(11-12-29)20-7-4-6-18(14-20)19-9-10-23-24(15-19)37-17-30-23/h4,6-7,9-10,14-15,17H,5,8,11-13,16H2,1-3H3,(H,31,32,34). The Kier molecular flexibility index (Phi) is 5.67. The average Bonchev–Trinajstić information content (AvgIpc) is 3.59. The molecule has 190 valence electrons. The molecule has 1 aliphatic heterocycles. The van der Waals surface area contributed by atoms with Crippen molar-refractivity contribution in [3.8, 4) is 11.1 Å². The van der Waals surface area contributed by atoms with Crippen LogP contribution in [0.25, 0.3) is 21.3 Å². The topological polar surface area (TPSA) is 88.2 Å². The van der Waals surface area contributed by atoms with Gasteiger partial charge in [-0.25, -0.2) is 14.8 Å². The van der Waals surface area contributed by atoms with Gasteiger partial charge in [0.2, 0.25) is 0 Å². The second kappa shape index (κ2) is 8.80. The molecule has 0 atom stereocenters. The number of hydrogen-bond donors (Lipinski definition) is 1. The summed E-state index contributed by atoms with van der Waals surface area (Å²) in [6.45, 7) is 6.30. The van der Waals surface area contributed by atoms with Gasteiger partial charge in [0.05, 0.1) is 38.9 Å². The lowest BCUT2D eigenvalue weighted by molar-refractivity contribution is 0.0236. The van der Waals surface area contributed by atoms with Gasteiger partial charge in [-0.3, -0.25) is 4.79 Å². The highest BCUT2D eigenvalue weighted by Gasteiger charge is 2.49. The van der Waals surface area contributed by atoms with E-state index < -0.39 is 11.7 Å². The number of aromatic nitrogens is 3. The van der Waals surface area contributed by atoms with E-state index >= 15 is 0 Å². The number of aryl methyl sites for hydroxylation is 1. The van der Waals surface area contributed by atoms with E-state index in [9.17, 15) is 9.59 Å². The molecule has 2 aliphatic rings. The van der Waals surface area contributed by atoms with E-state index in [1.165, 1.54) is 10.3 Å². The Morgan fingerprint density at radius 1 is 1.14 bits per heavy atom. The van der Waals surface area contributed by atoms with Gasteiger partial charge in [-0.05, 0) is 75.3 Å². The van der Waals surface area contributed by atoms with E-state index in [2.05, 4.69) is 52.4 Å². The fraction of sp³-hybridized carbons (Fsp3) is 0.379. The average molecular weight is 515 g/mol. The van der Waals surface area contributed by atoms with Crippen molar-refractivity contribution in [1.82, 2.24) is 19.9 Å². The molecule has 0 radical (unpaired) electrons. The summed E-state index contributed by atoms with van der Waals surface area (Å²) < 4.78 is 6.72. The molecule has 8 heteroatoms. The van der Waals surface area contributed by atoms with Crippen molar-refractivity contribution in [2.75, 3.05) is 6.54 Å². The molecule has 0 saturated heterocycles. The van der Waals surface area contributed by atoms with Crippen LogP contribution in [-0.4, -0.2) is 38.1 Å². The highest BCUT2D eigenvalue weighted by molar-refractivity contribution is 7.16. The normalized spacial score (nSPS) is 16.8. The number of rotatable bonds is 3. The third-order valence-corrected chi connectivity index (χ3v) is 8.02. The molecule has 6 rings (SSSR count). The number of fused-ring (bicyclic) bond motifs is 2. The molecular formula is C29H30N4O3S. The van der Waals surface area contributed by atoms with Gasteiger partial charge in [0.15, 0.2) is 0 Å². The van der Waals surface area contributed by atoms with Gasteiger partial charge < -0.3 is 14.6 Å². The summed E-state index contributed by atoms with van der Waals surface area (Å²) in [6.07, 6.45) is 2.89. The molecule has 0 spiro atoms.